The molecule has 4 heteroatoms. The van der Waals surface area contributed by atoms with E-state index >= 15 is 0 Å². The van der Waals surface area contributed by atoms with Crippen LogP contribution in [-0.2, 0) is 13.2 Å². The maximum absolute atomic E-state index is 5.84. The Morgan fingerprint density at radius 3 is 2.72 bits per heavy atom. The third-order valence-electron chi connectivity index (χ3n) is 5.43. The quantitative estimate of drug-likeness (QED) is 0.838. The highest BCUT2D eigenvalue weighted by atomic mass is 16.5. The van der Waals surface area contributed by atoms with E-state index < -0.39 is 0 Å². The van der Waals surface area contributed by atoms with Crippen LogP contribution >= 0.6 is 0 Å². The molecule has 3 aliphatic heterocycles. The van der Waals surface area contributed by atoms with Crippen LogP contribution in [0.15, 0.2) is 48.7 Å². The molecule has 3 fully saturated rings. The van der Waals surface area contributed by atoms with E-state index in [1.807, 2.05) is 18.2 Å². The molecule has 0 amide bonds. The molecule has 2 aromatic rings. The zero-order chi connectivity index (χ0) is 17.1. The van der Waals surface area contributed by atoms with Gasteiger partial charge in [-0.3, -0.25) is 9.88 Å². The Kier molecular flexibility index (Phi) is 4.99. The van der Waals surface area contributed by atoms with Crippen LogP contribution in [0.3, 0.4) is 0 Å². The zero-order valence-electron chi connectivity index (χ0n) is 15.0. The Balaban J connectivity index is 1.34. The van der Waals surface area contributed by atoms with Gasteiger partial charge in [0, 0.05) is 38.4 Å². The molecule has 132 valence electrons. The van der Waals surface area contributed by atoms with E-state index in [0.717, 1.165) is 23.9 Å². The number of nitrogens with zero attached hydrogens (tertiary/aromatic N) is 3. The third-order valence-corrected chi connectivity index (χ3v) is 5.43. The van der Waals surface area contributed by atoms with E-state index in [1.165, 1.54) is 38.0 Å². The lowest BCUT2D eigenvalue weighted by molar-refractivity contribution is 0.124. The smallest absolute Gasteiger partial charge is 0.130 e. The Morgan fingerprint density at radius 2 is 1.92 bits per heavy atom. The second-order valence-electron chi connectivity index (χ2n) is 7.50. The van der Waals surface area contributed by atoms with Gasteiger partial charge < -0.3 is 9.64 Å². The van der Waals surface area contributed by atoms with Gasteiger partial charge in [0.1, 0.15) is 12.4 Å². The van der Waals surface area contributed by atoms with Crippen LogP contribution in [0.5, 0.6) is 5.75 Å². The van der Waals surface area contributed by atoms with Crippen molar-refractivity contribution in [1.82, 2.24) is 14.8 Å². The maximum Gasteiger partial charge on any atom is 0.130 e. The summed E-state index contributed by atoms with van der Waals surface area (Å²) in [4.78, 5) is 9.48. The van der Waals surface area contributed by atoms with Gasteiger partial charge in [0.15, 0.2) is 0 Å². The molecule has 0 N–H and O–H groups in total. The van der Waals surface area contributed by atoms with Gasteiger partial charge >= 0.3 is 0 Å². The van der Waals surface area contributed by atoms with E-state index in [9.17, 15) is 0 Å². The van der Waals surface area contributed by atoms with Crippen LogP contribution in [-0.4, -0.2) is 47.5 Å². The van der Waals surface area contributed by atoms with Gasteiger partial charge in [-0.15, -0.1) is 0 Å². The summed E-state index contributed by atoms with van der Waals surface area (Å²) in [6.45, 7) is 5.28. The van der Waals surface area contributed by atoms with Crippen LogP contribution in [0.25, 0.3) is 0 Å². The highest BCUT2D eigenvalue weighted by Crippen LogP contribution is 2.28. The summed E-state index contributed by atoms with van der Waals surface area (Å²) in [5.74, 6) is 1.75. The largest absolute Gasteiger partial charge is 0.487 e. The summed E-state index contributed by atoms with van der Waals surface area (Å²) < 4.78 is 5.84. The first-order valence-electron chi connectivity index (χ1n) is 9.30. The average molecular weight is 337 g/mol. The molecule has 5 rings (SSSR count). The van der Waals surface area contributed by atoms with Crippen molar-refractivity contribution in [3.05, 3.63) is 59.9 Å². The molecule has 4 nitrogen and oxygen atoms in total. The first-order chi connectivity index (χ1) is 12.3. The standard InChI is InChI=1S/C21H27N3O/c1-23-12-18-5-8-20(15-23)24(14-18)13-17-6-9-21(10-7-17)25-16-19-4-2-3-11-22-19/h2-4,6-7,9-11,18,20H,5,8,12-16H2,1H3/t18-,20+/m0/s1. The fourth-order valence-electron chi connectivity index (χ4n) is 4.17. The fourth-order valence-corrected chi connectivity index (χ4v) is 4.17. The third kappa shape index (κ3) is 4.20. The zero-order valence-corrected chi connectivity index (χ0v) is 15.0. The minimum atomic E-state index is 0.516. The second kappa shape index (κ2) is 7.54. The first-order valence-corrected chi connectivity index (χ1v) is 9.30. The molecule has 1 aromatic heterocycles. The van der Waals surface area contributed by atoms with E-state index in [2.05, 4.69) is 46.1 Å². The maximum atomic E-state index is 5.84. The predicted molar refractivity (Wildman–Crippen MR) is 99.4 cm³/mol. The van der Waals surface area contributed by atoms with Crippen molar-refractivity contribution in [1.29, 1.82) is 0 Å². The molecule has 0 unspecified atom stereocenters. The van der Waals surface area contributed by atoms with Gasteiger partial charge in [-0.2, -0.15) is 0 Å². The minimum Gasteiger partial charge on any atom is -0.487 e. The molecule has 1 aromatic carbocycles. The van der Waals surface area contributed by atoms with Crippen molar-refractivity contribution in [2.24, 2.45) is 5.92 Å². The fraction of sp³-hybridized carbons (Fsp3) is 0.476. The number of rotatable bonds is 5. The highest BCUT2D eigenvalue weighted by Gasteiger charge is 2.33. The van der Waals surface area contributed by atoms with Crippen LogP contribution in [0.2, 0.25) is 0 Å². The van der Waals surface area contributed by atoms with Crippen molar-refractivity contribution in [2.75, 3.05) is 26.7 Å². The van der Waals surface area contributed by atoms with Crippen LogP contribution in [0.4, 0.5) is 0 Å². The van der Waals surface area contributed by atoms with Crippen molar-refractivity contribution in [2.45, 2.75) is 32.0 Å². The number of fused-ring (bicyclic) bond motifs is 4. The summed E-state index contributed by atoms with van der Waals surface area (Å²) in [6.07, 6.45) is 4.54. The van der Waals surface area contributed by atoms with Gasteiger partial charge in [0.05, 0.1) is 5.69 Å². The molecular formula is C21H27N3O. The monoisotopic (exact) mass is 337 g/mol. The summed E-state index contributed by atoms with van der Waals surface area (Å²) >= 11 is 0. The Hall–Kier alpha value is -1.91. The number of aromatic nitrogens is 1. The summed E-state index contributed by atoms with van der Waals surface area (Å²) in [6, 6.07) is 15.2. The van der Waals surface area contributed by atoms with E-state index in [4.69, 9.17) is 4.74 Å². The number of likely N-dealkylation sites (N-methyl/N-ethyl adjacent to an activating group) is 1. The molecule has 0 saturated carbocycles. The van der Waals surface area contributed by atoms with Gasteiger partial charge in [0.25, 0.3) is 0 Å². The molecule has 25 heavy (non-hydrogen) atoms. The minimum absolute atomic E-state index is 0.516. The summed E-state index contributed by atoms with van der Waals surface area (Å²) in [5, 5.41) is 0. The normalized spacial score (nSPS) is 24.2. The van der Waals surface area contributed by atoms with Gasteiger partial charge in [0.2, 0.25) is 0 Å². The van der Waals surface area contributed by atoms with Crippen LogP contribution in [0.1, 0.15) is 24.1 Å². The SMILES string of the molecule is CN1C[C@@H]2CC[C@H](C1)N(Cc1ccc(OCc3ccccn3)cc1)C2. The topological polar surface area (TPSA) is 28.6 Å². The molecule has 3 aliphatic rings. The summed E-state index contributed by atoms with van der Waals surface area (Å²) in [7, 11) is 2.27. The number of hydrogen-bond donors (Lipinski definition) is 0. The molecule has 2 bridgehead atoms. The lowest BCUT2D eigenvalue weighted by atomic mass is 9.94. The van der Waals surface area contributed by atoms with Crippen molar-refractivity contribution in [3.63, 3.8) is 0 Å². The Morgan fingerprint density at radius 1 is 1.04 bits per heavy atom. The lowest BCUT2D eigenvalue weighted by Gasteiger charge is -2.36. The molecule has 4 heterocycles. The van der Waals surface area contributed by atoms with Crippen molar-refractivity contribution < 1.29 is 4.74 Å². The van der Waals surface area contributed by atoms with Gasteiger partial charge in [-0.05, 0) is 55.6 Å². The first kappa shape index (κ1) is 16.6. The number of hydrogen-bond acceptors (Lipinski definition) is 4. The second-order valence-corrected chi connectivity index (χ2v) is 7.50. The molecular weight excluding hydrogens is 310 g/mol. The summed E-state index contributed by atoms with van der Waals surface area (Å²) in [5.41, 5.74) is 2.33. The van der Waals surface area contributed by atoms with Gasteiger partial charge in [-0.25, -0.2) is 0 Å². The van der Waals surface area contributed by atoms with Crippen molar-refractivity contribution >= 4 is 0 Å². The number of ether oxygens (including phenoxy) is 1. The molecule has 0 radical (unpaired) electrons. The molecule has 0 spiro atoms. The van der Waals surface area contributed by atoms with Gasteiger partial charge in [-0.1, -0.05) is 18.2 Å². The van der Waals surface area contributed by atoms with Crippen molar-refractivity contribution in [3.8, 4) is 5.75 Å². The molecule has 2 atom stereocenters. The number of pyridine rings is 1. The molecule has 0 aliphatic carbocycles. The average Bonchev–Trinajstić information content (AvgIpc) is 2.91. The lowest BCUT2D eigenvalue weighted by Crippen LogP contribution is -2.43. The van der Waals surface area contributed by atoms with Crippen LogP contribution in [0, 0.1) is 5.92 Å². The predicted octanol–water partition coefficient (Wildman–Crippen LogP) is 3.19. The van der Waals surface area contributed by atoms with E-state index in [1.54, 1.807) is 6.20 Å². The molecule has 3 saturated heterocycles. The highest BCUT2D eigenvalue weighted by molar-refractivity contribution is 5.27. The van der Waals surface area contributed by atoms with Crippen LogP contribution < -0.4 is 4.74 Å². The number of piperidine rings is 1. The number of benzene rings is 1. The Bertz CT molecular complexity index is 673. The Labute approximate surface area is 150 Å². The van der Waals surface area contributed by atoms with E-state index in [0.29, 0.717) is 12.6 Å². The van der Waals surface area contributed by atoms with E-state index in [-0.39, 0.29) is 0 Å².